The van der Waals surface area contributed by atoms with Gasteiger partial charge in [0.2, 0.25) is 0 Å². The first-order valence-corrected chi connectivity index (χ1v) is 10.1. The second kappa shape index (κ2) is 16.7. The molecule has 24 heavy (non-hydrogen) atoms. The normalized spacial score (nSPS) is 10.9. The molecular weight excluding hydrogens is 328 g/mol. The first-order chi connectivity index (χ1) is 11.4. The van der Waals surface area contributed by atoms with Crippen molar-refractivity contribution in [3.63, 3.8) is 0 Å². The minimum absolute atomic E-state index is 0.316. The molecule has 0 amide bonds. The lowest BCUT2D eigenvalue weighted by molar-refractivity contribution is -0.139. The number of hydrogen-bond acceptors (Lipinski definition) is 6. The Labute approximate surface area is 148 Å². The number of esters is 1. The van der Waals surface area contributed by atoms with Gasteiger partial charge < -0.3 is 22.8 Å². The molecule has 0 unspecified atom stereocenters. The van der Waals surface area contributed by atoms with Crippen LogP contribution in [0.3, 0.4) is 0 Å². The second-order valence-corrected chi connectivity index (χ2v) is 8.06. The van der Waals surface area contributed by atoms with E-state index < -0.39 is 8.80 Å². The Hall–Kier alpha value is -1.15. The predicted octanol–water partition coefficient (Wildman–Crippen LogP) is 3.71. The van der Waals surface area contributed by atoms with E-state index >= 15 is 0 Å². The van der Waals surface area contributed by atoms with E-state index in [1.54, 1.807) is 34.5 Å². The minimum Gasteiger partial charge on any atom is -0.502 e. The Bertz CT molecular complexity index is 345. The van der Waals surface area contributed by atoms with Gasteiger partial charge in [0.15, 0.2) is 0 Å². The van der Waals surface area contributed by atoms with Gasteiger partial charge in [-0.15, -0.1) is 0 Å². The SMILES string of the molecule is C=C(C)C(=O)OCCC[Si](OC)(OC)OC.CCC=COCCC. The quantitative estimate of drug-likeness (QED) is 0.173. The Balaban J connectivity index is 0. The van der Waals surface area contributed by atoms with Crippen LogP contribution < -0.4 is 0 Å². The number of rotatable bonds is 12. The summed E-state index contributed by atoms with van der Waals surface area (Å²) in [5.74, 6) is -0.375. The molecule has 0 N–H and O–H groups in total. The lowest BCUT2D eigenvalue weighted by atomic mass is 10.4. The highest BCUT2D eigenvalue weighted by atomic mass is 28.4. The van der Waals surface area contributed by atoms with Crippen LogP contribution in [0.2, 0.25) is 6.04 Å². The number of carbonyl (C=O) groups excluding carboxylic acids is 1. The number of carbonyl (C=O) groups is 1. The summed E-state index contributed by atoms with van der Waals surface area (Å²) in [6, 6.07) is 0.611. The Morgan fingerprint density at radius 3 is 2.08 bits per heavy atom. The summed E-state index contributed by atoms with van der Waals surface area (Å²) in [6.45, 7) is 10.4. The average Bonchev–Trinajstić information content (AvgIpc) is 2.60. The van der Waals surface area contributed by atoms with Crippen LogP contribution in [0.15, 0.2) is 24.5 Å². The zero-order valence-corrected chi connectivity index (χ0v) is 17.1. The Morgan fingerprint density at radius 2 is 1.67 bits per heavy atom. The molecule has 0 aromatic rings. The van der Waals surface area contributed by atoms with Crippen molar-refractivity contribution in [3.05, 3.63) is 24.5 Å². The molecule has 0 bridgehead atoms. The van der Waals surface area contributed by atoms with Crippen molar-refractivity contribution in [2.24, 2.45) is 0 Å². The number of hydrogen-bond donors (Lipinski definition) is 0. The van der Waals surface area contributed by atoms with E-state index in [1.807, 2.05) is 6.08 Å². The van der Waals surface area contributed by atoms with Gasteiger partial charge >= 0.3 is 14.8 Å². The first-order valence-electron chi connectivity index (χ1n) is 8.17. The molecule has 142 valence electrons. The molecule has 7 heteroatoms. The van der Waals surface area contributed by atoms with Gasteiger partial charge in [-0.05, 0) is 26.2 Å². The van der Waals surface area contributed by atoms with E-state index in [0.29, 0.717) is 24.6 Å². The summed E-state index contributed by atoms with van der Waals surface area (Å²) in [5.41, 5.74) is 0.397. The van der Waals surface area contributed by atoms with Gasteiger partial charge in [0.25, 0.3) is 0 Å². The smallest absolute Gasteiger partial charge is 0.500 e. The van der Waals surface area contributed by atoms with Crippen LogP contribution in [0.25, 0.3) is 0 Å². The van der Waals surface area contributed by atoms with E-state index in [-0.39, 0.29) is 5.97 Å². The van der Waals surface area contributed by atoms with Crippen molar-refractivity contribution in [1.82, 2.24) is 0 Å². The molecule has 0 fully saturated rings. The molecule has 0 atom stereocenters. The van der Waals surface area contributed by atoms with Crippen molar-refractivity contribution in [1.29, 1.82) is 0 Å². The fourth-order valence-corrected chi connectivity index (χ4v) is 3.17. The highest BCUT2D eigenvalue weighted by molar-refractivity contribution is 6.60. The third kappa shape index (κ3) is 13.3. The Kier molecular flexibility index (Phi) is 17.5. The highest BCUT2D eigenvalue weighted by Crippen LogP contribution is 2.14. The van der Waals surface area contributed by atoms with Gasteiger partial charge in [-0.3, -0.25) is 0 Å². The second-order valence-electron chi connectivity index (χ2n) is 4.97. The van der Waals surface area contributed by atoms with Crippen molar-refractivity contribution >= 4 is 14.8 Å². The summed E-state index contributed by atoms with van der Waals surface area (Å²) in [5, 5.41) is 0. The van der Waals surface area contributed by atoms with E-state index in [9.17, 15) is 4.79 Å². The van der Waals surface area contributed by atoms with E-state index in [0.717, 1.165) is 19.4 Å². The fraction of sp³-hybridized carbons (Fsp3) is 0.706. The summed E-state index contributed by atoms with van der Waals surface area (Å²) in [6.07, 6.45) is 6.57. The molecular formula is C17H34O6Si. The molecule has 0 saturated heterocycles. The zero-order chi connectivity index (χ0) is 18.8. The molecule has 0 aliphatic heterocycles. The molecule has 0 heterocycles. The molecule has 6 nitrogen and oxygen atoms in total. The van der Waals surface area contributed by atoms with Gasteiger partial charge in [0, 0.05) is 32.9 Å². The first kappa shape index (κ1) is 25.1. The van der Waals surface area contributed by atoms with Crippen LogP contribution in [0.4, 0.5) is 0 Å². The molecule has 0 saturated carbocycles. The van der Waals surface area contributed by atoms with Crippen molar-refractivity contribution in [3.8, 4) is 0 Å². The Morgan fingerprint density at radius 1 is 1.08 bits per heavy atom. The molecule has 0 aromatic heterocycles. The number of allylic oxidation sites excluding steroid dienone is 1. The minimum atomic E-state index is -2.53. The monoisotopic (exact) mass is 362 g/mol. The predicted molar refractivity (Wildman–Crippen MR) is 97.7 cm³/mol. The maximum absolute atomic E-state index is 11.1. The molecule has 0 aliphatic carbocycles. The summed E-state index contributed by atoms with van der Waals surface area (Å²) in [7, 11) is 2.13. The van der Waals surface area contributed by atoms with Crippen molar-refractivity contribution in [2.45, 2.75) is 46.1 Å². The van der Waals surface area contributed by atoms with Crippen LogP contribution in [-0.2, 0) is 27.5 Å². The van der Waals surface area contributed by atoms with Gasteiger partial charge in [-0.25, -0.2) is 4.79 Å². The summed E-state index contributed by atoms with van der Waals surface area (Å²) < 4.78 is 25.7. The summed E-state index contributed by atoms with van der Waals surface area (Å²) in [4.78, 5) is 11.1. The third-order valence-corrected chi connectivity index (χ3v) is 5.72. The van der Waals surface area contributed by atoms with Crippen LogP contribution in [-0.4, -0.2) is 49.3 Å². The van der Waals surface area contributed by atoms with Gasteiger partial charge in [0.05, 0.1) is 19.5 Å². The van der Waals surface area contributed by atoms with E-state index in [4.69, 9.17) is 22.8 Å². The van der Waals surface area contributed by atoms with Crippen LogP contribution >= 0.6 is 0 Å². The average molecular weight is 363 g/mol. The molecule has 0 aliphatic rings. The third-order valence-electron chi connectivity index (χ3n) is 2.89. The lowest BCUT2D eigenvalue weighted by Gasteiger charge is -2.24. The zero-order valence-electron chi connectivity index (χ0n) is 16.1. The van der Waals surface area contributed by atoms with Crippen molar-refractivity contribution < 1.29 is 27.5 Å². The standard InChI is InChI=1S/C10H20O5Si.C7H14O/c1-9(2)10(11)15-7-6-8-16(12-3,13-4)14-5;1-3-5-7-8-6-4-2/h1,6-8H2,2-5H3;5,7H,3-4,6H2,1-2H3. The van der Waals surface area contributed by atoms with E-state index in [2.05, 4.69) is 20.4 Å². The number of ether oxygens (including phenoxy) is 2. The molecule has 0 rings (SSSR count). The van der Waals surface area contributed by atoms with Crippen LogP contribution in [0.1, 0.15) is 40.0 Å². The van der Waals surface area contributed by atoms with Gasteiger partial charge in [-0.2, -0.15) is 0 Å². The van der Waals surface area contributed by atoms with Crippen molar-refractivity contribution in [2.75, 3.05) is 34.5 Å². The maximum Gasteiger partial charge on any atom is 0.500 e. The fourth-order valence-electron chi connectivity index (χ4n) is 1.48. The molecule has 0 spiro atoms. The van der Waals surface area contributed by atoms with Crippen LogP contribution in [0, 0.1) is 0 Å². The van der Waals surface area contributed by atoms with Gasteiger partial charge in [-0.1, -0.05) is 26.5 Å². The van der Waals surface area contributed by atoms with E-state index in [1.165, 1.54) is 0 Å². The topological polar surface area (TPSA) is 63.2 Å². The summed E-state index contributed by atoms with van der Waals surface area (Å²) >= 11 is 0. The molecule has 0 aromatic carbocycles. The highest BCUT2D eigenvalue weighted by Gasteiger charge is 2.36. The largest absolute Gasteiger partial charge is 0.502 e. The molecule has 0 radical (unpaired) electrons. The van der Waals surface area contributed by atoms with Crippen LogP contribution in [0.5, 0.6) is 0 Å². The van der Waals surface area contributed by atoms with Gasteiger partial charge in [0.1, 0.15) is 0 Å². The lowest BCUT2D eigenvalue weighted by Crippen LogP contribution is -2.42. The maximum atomic E-state index is 11.1.